The molecule has 346 valence electrons. The predicted octanol–water partition coefficient (Wildman–Crippen LogP) is 11.6. The third-order valence-corrected chi connectivity index (χ3v) is 12.7. The fourth-order valence-corrected chi connectivity index (χ4v) is 9.12. The summed E-state index contributed by atoms with van der Waals surface area (Å²) in [5.41, 5.74) is 6.65. The topological polar surface area (TPSA) is 187 Å². The third-order valence-electron chi connectivity index (χ3n) is 9.89. The number of para-hydroxylation sites is 1. The number of hydrogen-bond acceptors (Lipinski definition) is 14. The second-order valence-electron chi connectivity index (χ2n) is 14.6. The number of thiol groups is 1. The molecule has 1 N–H and O–H groups in total. The quantitative estimate of drug-likeness (QED) is 0.0458. The highest BCUT2D eigenvalue weighted by molar-refractivity contribution is 9.10. The number of nitro benzene ring substituents is 2. The minimum atomic E-state index is -0.567. The number of benzene rings is 5. The van der Waals surface area contributed by atoms with Crippen LogP contribution in [-0.4, -0.2) is 52.8 Å². The maximum absolute atomic E-state index is 12.9. The molecule has 1 saturated heterocycles. The Labute approximate surface area is 423 Å². The second kappa shape index (κ2) is 22.5. The van der Waals surface area contributed by atoms with Gasteiger partial charge in [0.15, 0.2) is 4.32 Å². The first kappa shape index (κ1) is 50.9. The van der Waals surface area contributed by atoms with Crippen molar-refractivity contribution in [1.82, 2.24) is 9.78 Å². The number of hydrogen-bond donors (Lipinski definition) is 2. The number of carbonyl (C=O) groups is 1. The molecule has 68 heavy (non-hydrogen) atoms. The van der Waals surface area contributed by atoms with Crippen molar-refractivity contribution in [2.45, 2.75) is 32.1 Å². The number of aromatic nitrogens is 2. The number of phenols is 1. The smallest absolute Gasteiger partial charge is 0.314 e. The molecule has 1 fully saturated rings. The minimum absolute atomic E-state index is 0.0933. The molecule has 0 bridgehead atoms. The third kappa shape index (κ3) is 11.9. The van der Waals surface area contributed by atoms with Crippen LogP contribution in [0.3, 0.4) is 0 Å². The molecule has 0 aliphatic carbocycles. The molecule has 0 saturated carbocycles. The van der Waals surface area contributed by atoms with Gasteiger partial charge in [-0.3, -0.25) is 34.7 Å². The zero-order valence-corrected chi connectivity index (χ0v) is 41.9. The van der Waals surface area contributed by atoms with E-state index in [9.17, 15) is 34.9 Å². The van der Waals surface area contributed by atoms with E-state index in [2.05, 4.69) is 38.8 Å². The standard InChI is InChI=1S/C18H13BrN2O4S2.C18H15N3O2S.C11H9ClN2O2S/c1-9-3-4-14(10(2)5-9)20-17(23)15(27-18(20)26)7-11-6-12(21(24)25)8-13(19)16(11)22;1-13-17(12-9-14-7-10-16(11-8-14)21(22)23)18(24)20(19-13)15-5-3-2-4-6-15;1-16-10-9(17)6-13-14(11(10)15)8-4-2-3-7(12)5-8/h3-8,22H,1-2H3;2-8,10-12H,9H2,1H3;2-6,17H,1H3/b15-7-;17-12+;. The number of halogens is 2. The van der Waals surface area contributed by atoms with Crippen molar-refractivity contribution in [3.05, 3.63) is 194 Å². The Morgan fingerprint density at radius 3 is 2.21 bits per heavy atom. The Balaban J connectivity index is 0.000000172. The number of rotatable bonds is 9. The molecule has 2 aliphatic rings. The van der Waals surface area contributed by atoms with Crippen molar-refractivity contribution in [2.24, 2.45) is 5.10 Å². The van der Waals surface area contributed by atoms with Crippen molar-refractivity contribution in [3.63, 3.8) is 0 Å². The molecule has 0 spiro atoms. The van der Waals surface area contributed by atoms with Crippen LogP contribution in [0.1, 0.15) is 29.2 Å². The highest BCUT2D eigenvalue weighted by Crippen LogP contribution is 2.40. The number of nitro groups is 2. The fourth-order valence-electron chi connectivity index (χ4n) is 6.58. The van der Waals surface area contributed by atoms with E-state index < -0.39 is 9.85 Å². The van der Waals surface area contributed by atoms with E-state index in [1.165, 1.54) is 53.2 Å². The molecule has 3 heterocycles. The van der Waals surface area contributed by atoms with Crippen molar-refractivity contribution in [2.75, 3.05) is 17.0 Å². The highest BCUT2D eigenvalue weighted by Gasteiger charge is 2.34. The largest absolute Gasteiger partial charge is 0.506 e. The van der Waals surface area contributed by atoms with Crippen molar-refractivity contribution in [3.8, 4) is 17.2 Å². The zero-order valence-electron chi connectivity index (χ0n) is 36.2. The Morgan fingerprint density at radius 2 is 1.57 bits per heavy atom. The molecule has 2 aliphatic heterocycles. The molecule has 1 aromatic heterocycles. The number of phenolic OH excluding ortho intramolecular Hbond substituents is 1. The van der Waals surface area contributed by atoms with Crippen LogP contribution in [0.2, 0.25) is 5.02 Å². The highest BCUT2D eigenvalue weighted by atomic mass is 79.9. The average Bonchev–Trinajstić information content (AvgIpc) is 3.75. The number of amides is 1. The van der Waals surface area contributed by atoms with Gasteiger partial charge in [0.25, 0.3) is 17.3 Å². The number of allylic oxidation sites excluding steroid dienone is 1. The van der Waals surface area contributed by atoms with Gasteiger partial charge in [-0.05, 0) is 96.7 Å². The lowest BCUT2D eigenvalue weighted by Gasteiger charge is -2.17. The zero-order chi connectivity index (χ0) is 49.4. The van der Waals surface area contributed by atoms with E-state index in [0.717, 1.165) is 45.4 Å². The lowest BCUT2D eigenvalue weighted by atomic mass is 10.1. The molecule has 15 nitrogen and oxygen atoms in total. The summed E-state index contributed by atoms with van der Waals surface area (Å²) in [6.07, 6.45) is 5.52. The van der Waals surface area contributed by atoms with Gasteiger partial charge < -0.3 is 9.84 Å². The van der Waals surface area contributed by atoms with Crippen molar-refractivity contribution >= 4 is 126 Å². The van der Waals surface area contributed by atoms with Gasteiger partial charge >= 0.3 is 5.56 Å². The van der Waals surface area contributed by atoms with Gasteiger partial charge in [-0.25, -0.2) is 5.01 Å². The van der Waals surface area contributed by atoms with Gasteiger partial charge in [0.05, 0.1) is 60.2 Å². The first-order valence-electron chi connectivity index (χ1n) is 19.9. The van der Waals surface area contributed by atoms with Gasteiger partial charge in [0.2, 0.25) is 5.75 Å². The molecule has 0 radical (unpaired) electrons. The van der Waals surface area contributed by atoms with E-state index in [4.69, 9.17) is 40.8 Å². The number of ether oxygens (including phenoxy) is 1. The number of carbonyl (C=O) groups excluding carboxylic acids is 1. The molecular formula is C47H37BrClN7O8S4. The van der Waals surface area contributed by atoms with Crippen LogP contribution in [0.4, 0.5) is 22.7 Å². The molecule has 0 unspecified atom stereocenters. The van der Waals surface area contributed by atoms with Crippen LogP contribution in [0.5, 0.6) is 11.5 Å². The molecule has 1 amide bonds. The number of aromatic hydroxyl groups is 1. The predicted molar refractivity (Wildman–Crippen MR) is 282 cm³/mol. The van der Waals surface area contributed by atoms with Gasteiger partial charge in [0, 0.05) is 40.4 Å². The van der Waals surface area contributed by atoms with Gasteiger partial charge in [-0.2, -0.15) is 14.9 Å². The summed E-state index contributed by atoms with van der Waals surface area (Å²) in [7, 11) is 1.42. The van der Waals surface area contributed by atoms with Crippen molar-refractivity contribution in [1.29, 1.82) is 0 Å². The molecule has 8 rings (SSSR count). The first-order chi connectivity index (χ1) is 32.4. The Kier molecular flexibility index (Phi) is 16.8. The van der Waals surface area contributed by atoms with Gasteiger partial charge in [-0.15, -0.1) is 12.6 Å². The summed E-state index contributed by atoms with van der Waals surface area (Å²) in [5.74, 6) is -0.361. The maximum Gasteiger partial charge on any atom is 0.314 e. The number of nitrogens with zero attached hydrogens (tertiary/aromatic N) is 7. The normalized spacial score (nSPS) is 14.3. The Bertz CT molecular complexity index is 3150. The van der Waals surface area contributed by atoms with Crippen LogP contribution >= 0.6 is 76.4 Å². The van der Waals surface area contributed by atoms with E-state index in [1.807, 2.05) is 75.4 Å². The number of thioether (sulfide) groups is 1. The maximum atomic E-state index is 12.9. The fraction of sp³-hybridized carbons (Fsp3) is 0.106. The molecule has 0 atom stereocenters. The Hall–Kier alpha value is -6.55. The Morgan fingerprint density at radius 1 is 0.897 bits per heavy atom. The van der Waals surface area contributed by atoms with E-state index in [0.29, 0.717) is 37.0 Å². The minimum Gasteiger partial charge on any atom is -0.506 e. The van der Waals surface area contributed by atoms with Crippen LogP contribution in [0.15, 0.2) is 151 Å². The van der Waals surface area contributed by atoms with E-state index >= 15 is 0 Å². The average molecular weight is 1070 g/mol. The lowest BCUT2D eigenvalue weighted by molar-refractivity contribution is -0.385. The van der Waals surface area contributed by atoms with Gasteiger partial charge in [0.1, 0.15) is 10.7 Å². The van der Waals surface area contributed by atoms with Crippen LogP contribution in [0.25, 0.3) is 11.8 Å². The number of anilines is 2. The van der Waals surface area contributed by atoms with Crippen LogP contribution in [0, 0.1) is 34.1 Å². The van der Waals surface area contributed by atoms with Crippen molar-refractivity contribution < 1.29 is 24.5 Å². The summed E-state index contributed by atoms with van der Waals surface area (Å²) in [6.45, 7) is 5.79. The van der Waals surface area contributed by atoms with E-state index in [-0.39, 0.29) is 49.3 Å². The number of methoxy groups -OCH3 is 1. The number of hydrazone groups is 1. The summed E-state index contributed by atoms with van der Waals surface area (Å²) < 4.78 is 6.74. The lowest BCUT2D eigenvalue weighted by Crippen LogP contribution is -2.28. The van der Waals surface area contributed by atoms with Crippen LogP contribution < -0.4 is 20.2 Å². The van der Waals surface area contributed by atoms with Gasteiger partial charge in [-0.1, -0.05) is 108 Å². The number of aryl methyl sites for hydroxylation is 2. The first-order valence-corrected chi connectivity index (χ1v) is 23.2. The summed E-state index contributed by atoms with van der Waals surface area (Å²) >= 11 is 25.0. The summed E-state index contributed by atoms with van der Waals surface area (Å²) in [4.78, 5) is 48.5. The molecule has 6 aromatic rings. The molecule has 21 heteroatoms. The SMILES string of the molecule is CC1=NN(c2ccccc2)C(=S)/C1=C/Cc1ccc([N+](=O)[O-])cc1.COc1c(S)cnn(-c2cccc(Cl)c2)c1=O.Cc1ccc(N2C(=O)/C(=C/c3cc([N+](=O)[O-])cc(Br)c3O)SC2=S)c(C)c1. The summed E-state index contributed by atoms with van der Waals surface area (Å²) in [6, 6.07) is 31.3. The number of non-ortho nitro benzene ring substituents is 2. The number of thiocarbonyl (C=S) groups is 2. The van der Waals surface area contributed by atoms with E-state index in [1.54, 1.807) is 41.4 Å². The summed E-state index contributed by atoms with van der Waals surface area (Å²) in [5, 5.41) is 42.7. The molecule has 5 aromatic carbocycles. The molecular weight excluding hydrogens is 1030 g/mol. The van der Waals surface area contributed by atoms with Crippen LogP contribution in [-0.2, 0) is 11.2 Å². The monoisotopic (exact) mass is 1070 g/mol. The second-order valence-corrected chi connectivity index (χ2v) is 18.4.